The molecule has 2 nitrogen and oxygen atoms in total. The van der Waals surface area contributed by atoms with Crippen LogP contribution < -0.4 is 0 Å². The van der Waals surface area contributed by atoms with Crippen molar-refractivity contribution in [3.63, 3.8) is 0 Å². The van der Waals surface area contributed by atoms with Gasteiger partial charge in [-0.1, -0.05) is 0 Å². The summed E-state index contributed by atoms with van der Waals surface area (Å²) < 4.78 is 5.97. The highest BCUT2D eigenvalue weighted by Gasteiger charge is 2.48. The fourth-order valence-electron chi connectivity index (χ4n) is 2.68. The fraction of sp³-hybridized carbons (Fsp3) is 1.00. The van der Waals surface area contributed by atoms with Crippen molar-refractivity contribution in [1.29, 1.82) is 0 Å². The van der Waals surface area contributed by atoms with E-state index in [4.69, 9.17) is 4.74 Å². The fourth-order valence-corrected chi connectivity index (χ4v) is 2.68. The normalized spacial score (nSPS) is 46.5. The van der Waals surface area contributed by atoms with E-state index in [-0.39, 0.29) is 5.60 Å². The first-order valence-electron chi connectivity index (χ1n) is 4.88. The quantitative estimate of drug-likeness (QED) is 0.545. The van der Waals surface area contributed by atoms with Crippen molar-refractivity contribution in [3.8, 4) is 0 Å². The monoisotopic (exact) mass is 169 g/mol. The molecular weight excluding hydrogens is 150 g/mol. The summed E-state index contributed by atoms with van der Waals surface area (Å²) >= 11 is 0. The Morgan fingerprint density at radius 1 is 1.42 bits per heavy atom. The van der Waals surface area contributed by atoms with E-state index in [1.165, 1.54) is 6.42 Å². The predicted octanol–water partition coefficient (Wildman–Crippen LogP) is 1.50. The van der Waals surface area contributed by atoms with Gasteiger partial charge in [0.05, 0.1) is 11.7 Å². The zero-order chi connectivity index (χ0) is 8.93. The summed E-state index contributed by atoms with van der Waals surface area (Å²) in [6, 6.07) is 0.705. The molecule has 2 saturated heterocycles. The van der Waals surface area contributed by atoms with Crippen LogP contribution in [0.25, 0.3) is 0 Å². The highest BCUT2D eigenvalue weighted by atomic mass is 16.5. The first-order valence-corrected chi connectivity index (χ1v) is 4.88. The molecule has 3 atom stereocenters. The lowest BCUT2D eigenvalue weighted by Gasteiger charge is -2.23. The first-order chi connectivity index (χ1) is 5.49. The second-order valence-corrected chi connectivity index (χ2v) is 4.96. The Balaban J connectivity index is 2.11. The van der Waals surface area contributed by atoms with E-state index in [9.17, 15) is 0 Å². The van der Waals surface area contributed by atoms with Gasteiger partial charge in [0.25, 0.3) is 0 Å². The molecule has 3 unspecified atom stereocenters. The van der Waals surface area contributed by atoms with Crippen LogP contribution in [0.4, 0.5) is 0 Å². The van der Waals surface area contributed by atoms with Gasteiger partial charge in [-0.2, -0.15) is 0 Å². The van der Waals surface area contributed by atoms with Gasteiger partial charge in [-0.15, -0.1) is 0 Å². The maximum Gasteiger partial charge on any atom is 0.0753 e. The Morgan fingerprint density at radius 2 is 2.08 bits per heavy atom. The molecule has 0 N–H and O–H groups in total. The largest absolute Gasteiger partial charge is 0.371 e. The van der Waals surface area contributed by atoms with Crippen LogP contribution in [0, 0.1) is 5.92 Å². The SMILES string of the molecule is CC1C2CC(C)(C)OC2CN1C. The summed E-state index contributed by atoms with van der Waals surface area (Å²) in [5.74, 6) is 0.769. The maximum absolute atomic E-state index is 5.97. The molecule has 0 aromatic heterocycles. The smallest absolute Gasteiger partial charge is 0.0753 e. The Kier molecular flexibility index (Phi) is 1.74. The van der Waals surface area contributed by atoms with Crippen LogP contribution in [-0.4, -0.2) is 36.2 Å². The maximum atomic E-state index is 5.97. The lowest BCUT2D eigenvalue weighted by Crippen LogP contribution is -2.30. The van der Waals surface area contributed by atoms with Gasteiger partial charge < -0.3 is 9.64 Å². The number of hydrogen-bond acceptors (Lipinski definition) is 2. The molecule has 12 heavy (non-hydrogen) atoms. The lowest BCUT2D eigenvalue weighted by molar-refractivity contribution is -0.0180. The van der Waals surface area contributed by atoms with E-state index in [0.717, 1.165) is 12.5 Å². The number of likely N-dealkylation sites (tertiary alicyclic amines) is 1. The van der Waals surface area contributed by atoms with Gasteiger partial charge in [0.15, 0.2) is 0 Å². The molecule has 0 saturated carbocycles. The van der Waals surface area contributed by atoms with Crippen molar-refractivity contribution >= 4 is 0 Å². The van der Waals surface area contributed by atoms with Gasteiger partial charge >= 0.3 is 0 Å². The minimum absolute atomic E-state index is 0.130. The molecule has 2 heterocycles. The summed E-state index contributed by atoms with van der Waals surface area (Å²) in [5, 5.41) is 0. The van der Waals surface area contributed by atoms with Crippen LogP contribution >= 0.6 is 0 Å². The standard InChI is InChI=1S/C10H19NO/c1-7-8-5-10(2,3)12-9(8)6-11(7)4/h7-9H,5-6H2,1-4H3. The molecule has 0 aromatic carbocycles. The summed E-state index contributed by atoms with van der Waals surface area (Å²) in [7, 11) is 2.19. The van der Waals surface area contributed by atoms with E-state index in [1.54, 1.807) is 0 Å². The molecule has 0 bridgehead atoms. The zero-order valence-electron chi connectivity index (χ0n) is 8.50. The Bertz CT molecular complexity index is 190. The Hall–Kier alpha value is -0.0800. The van der Waals surface area contributed by atoms with Gasteiger partial charge in [0.1, 0.15) is 0 Å². The summed E-state index contributed by atoms with van der Waals surface area (Å²) in [6.07, 6.45) is 1.73. The Morgan fingerprint density at radius 3 is 2.67 bits per heavy atom. The van der Waals surface area contributed by atoms with E-state index in [2.05, 4.69) is 32.7 Å². The molecule has 0 aliphatic carbocycles. The van der Waals surface area contributed by atoms with Gasteiger partial charge in [-0.3, -0.25) is 0 Å². The molecule has 0 radical (unpaired) electrons. The van der Waals surface area contributed by atoms with Crippen LogP contribution in [0.2, 0.25) is 0 Å². The summed E-state index contributed by atoms with van der Waals surface area (Å²) in [4.78, 5) is 2.41. The third-order valence-electron chi connectivity index (χ3n) is 3.46. The molecule has 2 fully saturated rings. The average Bonchev–Trinajstić information content (AvgIpc) is 2.33. The third kappa shape index (κ3) is 1.17. The van der Waals surface area contributed by atoms with Gasteiger partial charge in [-0.05, 0) is 34.2 Å². The average molecular weight is 169 g/mol. The molecular formula is C10H19NO. The third-order valence-corrected chi connectivity index (χ3v) is 3.46. The van der Waals surface area contributed by atoms with Crippen molar-refractivity contribution in [2.75, 3.05) is 13.6 Å². The van der Waals surface area contributed by atoms with Crippen molar-refractivity contribution in [2.45, 2.75) is 44.9 Å². The van der Waals surface area contributed by atoms with Crippen LogP contribution in [0.5, 0.6) is 0 Å². The van der Waals surface area contributed by atoms with Crippen LogP contribution in [0.15, 0.2) is 0 Å². The summed E-state index contributed by atoms with van der Waals surface area (Å²) in [5.41, 5.74) is 0.130. The highest BCUT2D eigenvalue weighted by Crippen LogP contribution is 2.41. The molecule has 0 amide bonds. The van der Waals surface area contributed by atoms with Crippen LogP contribution in [0.1, 0.15) is 27.2 Å². The number of fused-ring (bicyclic) bond motifs is 1. The van der Waals surface area contributed by atoms with Crippen molar-refractivity contribution in [1.82, 2.24) is 4.90 Å². The topological polar surface area (TPSA) is 12.5 Å². The van der Waals surface area contributed by atoms with E-state index in [0.29, 0.717) is 12.1 Å². The van der Waals surface area contributed by atoms with Crippen molar-refractivity contribution < 1.29 is 4.74 Å². The highest BCUT2D eigenvalue weighted by molar-refractivity contribution is 4.99. The molecule has 70 valence electrons. The van der Waals surface area contributed by atoms with Crippen LogP contribution in [0.3, 0.4) is 0 Å². The molecule has 2 rings (SSSR count). The molecule has 2 aliphatic rings. The number of hydrogen-bond donors (Lipinski definition) is 0. The van der Waals surface area contributed by atoms with Gasteiger partial charge in [-0.25, -0.2) is 0 Å². The minimum atomic E-state index is 0.130. The van der Waals surface area contributed by atoms with Crippen molar-refractivity contribution in [3.05, 3.63) is 0 Å². The van der Waals surface area contributed by atoms with Crippen LogP contribution in [-0.2, 0) is 4.74 Å². The van der Waals surface area contributed by atoms with Gasteiger partial charge in [0, 0.05) is 18.5 Å². The number of likely N-dealkylation sites (N-methyl/N-ethyl adjacent to an activating group) is 1. The number of ether oxygens (including phenoxy) is 1. The van der Waals surface area contributed by atoms with E-state index in [1.807, 2.05) is 0 Å². The number of rotatable bonds is 0. The zero-order valence-corrected chi connectivity index (χ0v) is 8.50. The first kappa shape index (κ1) is 8.52. The Labute approximate surface area is 74.9 Å². The van der Waals surface area contributed by atoms with E-state index >= 15 is 0 Å². The molecule has 2 heteroatoms. The van der Waals surface area contributed by atoms with Gasteiger partial charge in [0.2, 0.25) is 0 Å². The predicted molar refractivity (Wildman–Crippen MR) is 49.2 cm³/mol. The second kappa shape index (κ2) is 2.46. The molecule has 0 aromatic rings. The summed E-state index contributed by atoms with van der Waals surface area (Å²) in [6.45, 7) is 7.85. The number of nitrogens with zero attached hydrogens (tertiary/aromatic N) is 1. The second-order valence-electron chi connectivity index (χ2n) is 4.96. The molecule has 2 aliphatic heterocycles. The van der Waals surface area contributed by atoms with E-state index < -0.39 is 0 Å². The molecule has 0 spiro atoms. The van der Waals surface area contributed by atoms with Crippen molar-refractivity contribution in [2.24, 2.45) is 5.92 Å². The lowest BCUT2D eigenvalue weighted by atomic mass is 9.91. The minimum Gasteiger partial charge on any atom is -0.371 e.